The molecule has 16 heteroatoms. The minimum atomic E-state index is -2.98. The number of sulfone groups is 1. The molecule has 5 heterocycles. The van der Waals surface area contributed by atoms with E-state index in [2.05, 4.69) is 37.3 Å². The number of aromatic nitrogens is 6. The van der Waals surface area contributed by atoms with Crippen LogP contribution in [0.4, 0.5) is 23.3 Å². The largest absolute Gasteiger partial charge is 0.497 e. The van der Waals surface area contributed by atoms with Crippen LogP contribution in [0.25, 0.3) is 5.65 Å². The normalized spacial score (nSPS) is 18.3. The van der Waals surface area contributed by atoms with Gasteiger partial charge in [-0.05, 0) is 62.4 Å². The van der Waals surface area contributed by atoms with Crippen molar-refractivity contribution in [1.82, 2.24) is 29.4 Å². The fourth-order valence-corrected chi connectivity index (χ4v) is 8.69. The first-order valence-corrected chi connectivity index (χ1v) is 19.0. The highest BCUT2D eigenvalue weighted by Gasteiger charge is 2.35. The first-order chi connectivity index (χ1) is 24.6. The third-order valence-corrected chi connectivity index (χ3v) is 12.0. The molecule has 1 saturated carbocycles. The summed E-state index contributed by atoms with van der Waals surface area (Å²) in [4.78, 5) is 13.9. The first-order valence-electron chi connectivity index (χ1n) is 16.8. The van der Waals surface area contributed by atoms with Gasteiger partial charge in [-0.2, -0.15) is 35.2 Å². The Balaban J connectivity index is 1.11. The minimum absolute atomic E-state index is 0.0488. The molecule has 5 aromatic rings. The molecule has 1 atom stereocenters. The van der Waals surface area contributed by atoms with Crippen LogP contribution in [0.2, 0.25) is 5.02 Å². The Labute approximate surface area is 299 Å². The van der Waals surface area contributed by atoms with E-state index in [-0.39, 0.29) is 35.6 Å². The third-order valence-electron chi connectivity index (χ3n) is 9.91. The number of nitrogens with one attached hydrogen (secondary N) is 1. The van der Waals surface area contributed by atoms with E-state index in [1.54, 1.807) is 23.8 Å². The molecular weight excluding hydrogens is 690 g/mol. The quantitative estimate of drug-likeness (QED) is 0.204. The second-order valence-corrected chi connectivity index (χ2v) is 15.9. The van der Waals surface area contributed by atoms with Gasteiger partial charge >= 0.3 is 0 Å². The molecule has 1 aliphatic carbocycles. The van der Waals surface area contributed by atoms with Gasteiger partial charge in [0.05, 0.1) is 70.6 Å². The highest BCUT2D eigenvalue weighted by molar-refractivity contribution is 7.91. The van der Waals surface area contributed by atoms with E-state index in [9.17, 15) is 18.9 Å². The van der Waals surface area contributed by atoms with Crippen molar-refractivity contribution in [3.05, 3.63) is 81.8 Å². The smallest absolute Gasteiger partial charge is 0.232 e. The van der Waals surface area contributed by atoms with E-state index >= 15 is 0 Å². The van der Waals surface area contributed by atoms with Gasteiger partial charge in [-0.25, -0.2) is 8.42 Å². The first kappa shape index (κ1) is 32.8. The Morgan fingerprint density at radius 1 is 1.08 bits per heavy atom. The minimum Gasteiger partial charge on any atom is -0.497 e. The summed E-state index contributed by atoms with van der Waals surface area (Å²) >= 11 is 7.13. The zero-order valence-corrected chi connectivity index (χ0v) is 29.6. The van der Waals surface area contributed by atoms with Crippen LogP contribution in [-0.2, 0) is 22.9 Å². The van der Waals surface area contributed by atoms with Crippen LogP contribution in [0.5, 0.6) is 5.75 Å². The highest BCUT2D eigenvalue weighted by Crippen LogP contribution is 2.44. The van der Waals surface area contributed by atoms with Gasteiger partial charge in [0.1, 0.15) is 27.2 Å². The lowest BCUT2D eigenvalue weighted by Gasteiger charge is -2.27. The van der Waals surface area contributed by atoms with Gasteiger partial charge < -0.3 is 19.9 Å². The summed E-state index contributed by atoms with van der Waals surface area (Å²) in [5.41, 5.74) is 5.13. The summed E-state index contributed by atoms with van der Waals surface area (Å²) in [6.07, 6.45) is 6.58. The predicted molar refractivity (Wildman–Crippen MR) is 191 cm³/mol. The maximum absolute atomic E-state index is 12.0. The molecule has 2 aliphatic heterocycles. The number of nitrogens with zero attached hydrogens (tertiary/aromatic N) is 10. The fourth-order valence-electron chi connectivity index (χ4n) is 6.96. The number of hydrogen-bond donors (Lipinski definition) is 1. The molecule has 0 unspecified atom stereocenters. The van der Waals surface area contributed by atoms with Crippen LogP contribution < -0.4 is 19.9 Å². The number of fused-ring (bicyclic) bond motifs is 2. The molecule has 0 radical (unpaired) electrons. The van der Waals surface area contributed by atoms with Crippen molar-refractivity contribution in [3.63, 3.8) is 0 Å². The molecule has 3 aromatic heterocycles. The summed E-state index contributed by atoms with van der Waals surface area (Å²) in [5.74, 6) is 1.86. The summed E-state index contributed by atoms with van der Waals surface area (Å²) in [6.45, 7) is 3.12. The molecule has 3 aliphatic rings. The van der Waals surface area contributed by atoms with Crippen LogP contribution >= 0.6 is 11.6 Å². The fraction of sp³-hybridized carbons (Fsp3) is 0.371. The van der Waals surface area contributed by atoms with Crippen LogP contribution in [0.1, 0.15) is 72.6 Å². The SMILES string of the molecule is COc1ccc(CN(c2nc(Nc3cc(C#N)cc(N4Cc5cn(C6CCS(=O)(=O)CC6)nc5[C@@H]4C)c3Cl)nc3c(C#N)cnn23)C2CC2)cc1. The molecule has 51 heavy (non-hydrogen) atoms. The highest BCUT2D eigenvalue weighted by atomic mass is 35.5. The molecular formula is C35H34ClN11O3S. The number of hydrogen-bond acceptors (Lipinski definition) is 12. The molecule has 1 N–H and O–H groups in total. The molecule has 0 spiro atoms. The van der Waals surface area contributed by atoms with E-state index in [0.717, 1.165) is 35.4 Å². The third kappa shape index (κ3) is 6.17. The average Bonchev–Trinajstić information content (AvgIpc) is 3.64. The van der Waals surface area contributed by atoms with Gasteiger partial charge in [0.2, 0.25) is 11.9 Å². The van der Waals surface area contributed by atoms with Crippen LogP contribution in [-0.4, -0.2) is 62.4 Å². The maximum atomic E-state index is 12.0. The van der Waals surface area contributed by atoms with E-state index < -0.39 is 9.84 Å². The Morgan fingerprint density at radius 2 is 1.84 bits per heavy atom. The molecule has 0 bridgehead atoms. The molecule has 8 rings (SSSR count). The zero-order chi connectivity index (χ0) is 35.4. The summed E-state index contributed by atoms with van der Waals surface area (Å²) in [6, 6.07) is 15.9. The number of rotatable bonds is 9. The van der Waals surface area contributed by atoms with E-state index in [1.165, 1.54) is 6.20 Å². The number of anilines is 4. The van der Waals surface area contributed by atoms with Gasteiger partial charge in [0, 0.05) is 30.9 Å². The summed E-state index contributed by atoms with van der Waals surface area (Å²) in [7, 11) is -1.34. The topological polar surface area (TPSA) is 170 Å². The van der Waals surface area contributed by atoms with Gasteiger partial charge in [-0.1, -0.05) is 23.7 Å². The van der Waals surface area contributed by atoms with Crippen molar-refractivity contribution >= 4 is 50.4 Å². The standard InChI is InChI=1S/C35H34ClN11O3S/c1-21-32-25(20-46(43-32)27-9-11-51(48,49)12-10-27)19-44(21)30-14-23(15-37)13-29(31(30)36)40-34-41-33-24(16-38)17-39-47(33)35(42-34)45(26-5-6-26)18-22-3-7-28(50-2)8-4-22/h3-4,7-8,13-14,17,20-21,26-27H,5-6,9-12,18-19H2,1-2H3,(H,40,41)/t21-/m0/s1. The lowest BCUT2D eigenvalue weighted by molar-refractivity contribution is 0.408. The van der Waals surface area contributed by atoms with Crippen LogP contribution in [0.15, 0.2) is 48.8 Å². The van der Waals surface area contributed by atoms with Gasteiger partial charge in [-0.3, -0.25) is 4.68 Å². The van der Waals surface area contributed by atoms with Crippen molar-refractivity contribution < 1.29 is 13.2 Å². The van der Waals surface area contributed by atoms with E-state index in [0.29, 0.717) is 65.1 Å². The number of halogens is 1. The Morgan fingerprint density at radius 3 is 2.51 bits per heavy atom. The van der Waals surface area contributed by atoms with Gasteiger partial charge in [-0.15, -0.1) is 0 Å². The summed E-state index contributed by atoms with van der Waals surface area (Å²) in [5, 5.41) is 33.0. The van der Waals surface area contributed by atoms with Gasteiger partial charge in [0.25, 0.3) is 0 Å². The second-order valence-electron chi connectivity index (χ2n) is 13.3. The second kappa shape index (κ2) is 12.7. The van der Waals surface area contributed by atoms with E-state index in [4.69, 9.17) is 26.4 Å². The Kier molecular flexibility index (Phi) is 8.20. The summed E-state index contributed by atoms with van der Waals surface area (Å²) < 4.78 is 32.8. The van der Waals surface area contributed by atoms with Crippen molar-refractivity contribution in [1.29, 1.82) is 10.5 Å². The maximum Gasteiger partial charge on any atom is 0.232 e. The van der Waals surface area contributed by atoms with Crippen LogP contribution in [0, 0.1) is 22.7 Å². The monoisotopic (exact) mass is 723 g/mol. The Hall–Kier alpha value is -5.38. The molecule has 260 valence electrons. The van der Waals surface area contributed by atoms with Crippen LogP contribution in [0.3, 0.4) is 0 Å². The number of nitriles is 2. The number of methoxy groups -OCH3 is 1. The van der Waals surface area contributed by atoms with Crippen molar-refractivity contribution in [2.75, 3.05) is 33.7 Å². The molecule has 0 amide bonds. The number of ether oxygens (including phenoxy) is 1. The molecule has 14 nitrogen and oxygen atoms in total. The number of benzene rings is 2. The molecule has 2 aromatic carbocycles. The zero-order valence-electron chi connectivity index (χ0n) is 28.0. The lowest BCUT2D eigenvalue weighted by atomic mass is 10.1. The Bertz CT molecular complexity index is 2340. The van der Waals surface area contributed by atoms with Crippen molar-refractivity contribution in [3.8, 4) is 17.9 Å². The predicted octanol–water partition coefficient (Wildman–Crippen LogP) is 5.47. The van der Waals surface area contributed by atoms with Gasteiger partial charge in [0.15, 0.2) is 5.65 Å². The molecule has 2 fully saturated rings. The van der Waals surface area contributed by atoms with Crippen molar-refractivity contribution in [2.24, 2.45) is 0 Å². The lowest BCUT2D eigenvalue weighted by Crippen LogP contribution is -2.29. The van der Waals surface area contributed by atoms with E-state index in [1.807, 2.05) is 42.1 Å². The average molecular weight is 724 g/mol. The molecule has 1 saturated heterocycles. The van der Waals surface area contributed by atoms with Crippen molar-refractivity contribution in [2.45, 2.75) is 63.8 Å².